The van der Waals surface area contributed by atoms with Crippen LogP contribution in [0.25, 0.3) is 0 Å². The van der Waals surface area contributed by atoms with Crippen LogP contribution in [0.15, 0.2) is 6.07 Å². The van der Waals surface area contributed by atoms with Crippen molar-refractivity contribution in [3.8, 4) is 0 Å². The molecule has 0 unspecified atom stereocenters. The number of nitrogens with one attached hydrogen (secondary N) is 2. The minimum Gasteiger partial charge on any atom is -0.360 e. The maximum atomic E-state index is 5.67. The Labute approximate surface area is 193 Å². The molecule has 0 amide bonds. The second kappa shape index (κ2) is 10.8. The highest BCUT2D eigenvalue weighted by atomic mass is 32.1. The van der Waals surface area contributed by atoms with Crippen LogP contribution in [-0.2, 0) is 0 Å². The highest BCUT2D eigenvalue weighted by Gasteiger charge is 2.24. The number of anilines is 3. The molecule has 4 rings (SSSR count). The van der Waals surface area contributed by atoms with E-state index < -0.39 is 0 Å². The van der Waals surface area contributed by atoms with Gasteiger partial charge in [0.25, 0.3) is 0 Å². The molecule has 0 spiro atoms. The van der Waals surface area contributed by atoms with Crippen molar-refractivity contribution in [3.63, 3.8) is 0 Å². The Morgan fingerprint density at radius 1 is 0.871 bits per heavy atom. The average Bonchev–Trinajstić information content (AvgIpc) is 3.03. The van der Waals surface area contributed by atoms with Crippen molar-refractivity contribution < 1.29 is 0 Å². The normalized spacial score (nSPS) is 24.0. The van der Waals surface area contributed by atoms with E-state index in [9.17, 15) is 0 Å². The van der Waals surface area contributed by atoms with Gasteiger partial charge in [-0.2, -0.15) is 9.97 Å². The van der Waals surface area contributed by atoms with Gasteiger partial charge in [0.1, 0.15) is 11.6 Å². The van der Waals surface area contributed by atoms with E-state index in [0.29, 0.717) is 23.1 Å². The van der Waals surface area contributed by atoms with Gasteiger partial charge >= 0.3 is 0 Å². The lowest BCUT2D eigenvalue weighted by Gasteiger charge is -2.36. The van der Waals surface area contributed by atoms with Crippen LogP contribution in [0.4, 0.5) is 17.6 Å². The third kappa shape index (κ3) is 6.21. The Morgan fingerprint density at radius 2 is 1.55 bits per heavy atom. The highest BCUT2D eigenvalue weighted by molar-refractivity contribution is 7.80. The van der Waals surface area contributed by atoms with Crippen LogP contribution < -0.4 is 20.4 Å². The monoisotopic (exact) mass is 444 g/mol. The van der Waals surface area contributed by atoms with Crippen LogP contribution >= 0.6 is 12.2 Å². The maximum Gasteiger partial charge on any atom is 0.232 e. The van der Waals surface area contributed by atoms with E-state index in [1.807, 2.05) is 0 Å². The van der Waals surface area contributed by atoms with Gasteiger partial charge in [-0.25, -0.2) is 0 Å². The molecule has 3 heterocycles. The van der Waals surface area contributed by atoms with Crippen LogP contribution in [0, 0.1) is 5.92 Å². The first-order valence-corrected chi connectivity index (χ1v) is 13.0. The molecule has 1 atom stereocenters. The molecule has 3 fully saturated rings. The first-order chi connectivity index (χ1) is 15.1. The third-order valence-corrected chi connectivity index (χ3v) is 7.54. The summed E-state index contributed by atoms with van der Waals surface area (Å²) in [6.07, 6.45) is 13.9. The number of nitrogens with zero attached hydrogens (tertiary/aromatic N) is 4. The van der Waals surface area contributed by atoms with Crippen LogP contribution in [0.1, 0.15) is 84.5 Å². The fraction of sp³-hybridized carbons (Fsp3) is 0.792. The molecule has 3 aliphatic rings. The van der Waals surface area contributed by atoms with E-state index in [1.165, 1.54) is 70.6 Å². The van der Waals surface area contributed by atoms with Gasteiger partial charge in [0.05, 0.1) is 0 Å². The first kappa shape index (κ1) is 22.6. The zero-order valence-corrected chi connectivity index (χ0v) is 20.2. The van der Waals surface area contributed by atoms with Crippen LogP contribution in [-0.4, -0.2) is 46.8 Å². The van der Waals surface area contributed by atoms with Gasteiger partial charge in [-0.3, -0.25) is 0 Å². The molecule has 0 radical (unpaired) electrons. The average molecular weight is 445 g/mol. The number of hydrogen-bond acceptors (Lipinski definition) is 5. The Kier molecular flexibility index (Phi) is 7.86. The lowest BCUT2D eigenvalue weighted by molar-refractivity contribution is 0.436. The van der Waals surface area contributed by atoms with E-state index in [1.54, 1.807) is 0 Å². The molecule has 2 aliphatic heterocycles. The summed E-state index contributed by atoms with van der Waals surface area (Å²) in [6, 6.07) is 3.18. The molecular formula is C24H40N6S. The van der Waals surface area contributed by atoms with Gasteiger partial charge in [-0.1, -0.05) is 32.6 Å². The molecule has 2 saturated heterocycles. The third-order valence-electron chi connectivity index (χ3n) is 7.32. The SMILES string of the molecule is CC1CCN(c2cc(N3CCCC[C@H]3C)nc(NC(=S)NC3CCCCCC3)n2)CC1. The summed E-state index contributed by atoms with van der Waals surface area (Å²) in [6.45, 7) is 7.87. The van der Waals surface area contributed by atoms with Gasteiger partial charge in [0.15, 0.2) is 5.11 Å². The number of hydrogen-bond donors (Lipinski definition) is 2. The molecular weight excluding hydrogens is 404 g/mol. The Balaban J connectivity index is 1.51. The minimum absolute atomic E-state index is 0.468. The molecule has 1 aromatic heterocycles. The quantitative estimate of drug-likeness (QED) is 0.495. The van der Waals surface area contributed by atoms with Gasteiger partial charge < -0.3 is 20.4 Å². The van der Waals surface area contributed by atoms with Crippen molar-refractivity contribution >= 4 is 34.9 Å². The Morgan fingerprint density at radius 3 is 2.26 bits per heavy atom. The summed E-state index contributed by atoms with van der Waals surface area (Å²) in [5.41, 5.74) is 0. The van der Waals surface area contributed by atoms with E-state index >= 15 is 0 Å². The summed E-state index contributed by atoms with van der Waals surface area (Å²) >= 11 is 5.67. The lowest BCUT2D eigenvalue weighted by Crippen LogP contribution is -2.40. The van der Waals surface area contributed by atoms with Crippen molar-refractivity contribution in [1.29, 1.82) is 0 Å². The highest BCUT2D eigenvalue weighted by Crippen LogP contribution is 2.29. The molecule has 2 N–H and O–H groups in total. The molecule has 6 nitrogen and oxygen atoms in total. The van der Waals surface area contributed by atoms with E-state index in [-0.39, 0.29) is 0 Å². The molecule has 1 saturated carbocycles. The largest absolute Gasteiger partial charge is 0.360 e. The van der Waals surface area contributed by atoms with E-state index in [0.717, 1.165) is 37.2 Å². The molecule has 31 heavy (non-hydrogen) atoms. The van der Waals surface area contributed by atoms with Crippen LogP contribution in [0.3, 0.4) is 0 Å². The maximum absolute atomic E-state index is 5.67. The van der Waals surface area contributed by atoms with Crippen molar-refractivity contribution in [2.75, 3.05) is 34.8 Å². The summed E-state index contributed by atoms with van der Waals surface area (Å²) in [5, 5.41) is 7.53. The fourth-order valence-corrected chi connectivity index (χ4v) is 5.47. The van der Waals surface area contributed by atoms with Crippen molar-refractivity contribution in [1.82, 2.24) is 15.3 Å². The van der Waals surface area contributed by atoms with Gasteiger partial charge in [0.2, 0.25) is 5.95 Å². The summed E-state index contributed by atoms with van der Waals surface area (Å²) < 4.78 is 0. The number of piperidine rings is 2. The minimum atomic E-state index is 0.468. The predicted molar refractivity (Wildman–Crippen MR) is 134 cm³/mol. The standard InChI is InChI=1S/C24H40N6S/c1-18-12-15-29(16-13-18)21-17-22(30-14-8-7-9-19(30)2)27-23(26-21)28-24(31)25-20-10-5-3-4-6-11-20/h17-20H,3-16H2,1-2H3,(H2,25,26,27,28,31)/t19-/m1/s1. The molecule has 1 aliphatic carbocycles. The lowest BCUT2D eigenvalue weighted by atomic mass is 9.99. The zero-order chi connectivity index (χ0) is 21.6. The van der Waals surface area contributed by atoms with E-state index in [4.69, 9.17) is 22.2 Å². The second-order valence-electron chi connectivity index (χ2n) is 9.90. The summed E-state index contributed by atoms with van der Waals surface area (Å²) in [5.74, 6) is 3.51. The number of thiocarbonyl (C=S) groups is 1. The predicted octanol–water partition coefficient (Wildman–Crippen LogP) is 5.10. The van der Waals surface area contributed by atoms with Crippen LogP contribution in [0.2, 0.25) is 0 Å². The summed E-state index contributed by atoms with van der Waals surface area (Å²) in [7, 11) is 0. The van der Waals surface area contributed by atoms with Gasteiger partial charge in [0, 0.05) is 37.8 Å². The van der Waals surface area contributed by atoms with Gasteiger partial charge in [-0.05, 0) is 70.0 Å². The molecule has 1 aromatic rings. The van der Waals surface area contributed by atoms with Crippen LogP contribution in [0.5, 0.6) is 0 Å². The second-order valence-corrected chi connectivity index (χ2v) is 10.3. The first-order valence-electron chi connectivity index (χ1n) is 12.6. The Bertz CT molecular complexity index is 725. The fourth-order valence-electron chi connectivity index (χ4n) is 5.21. The summed E-state index contributed by atoms with van der Waals surface area (Å²) in [4.78, 5) is 14.7. The topological polar surface area (TPSA) is 56.3 Å². The number of aromatic nitrogens is 2. The Hall–Kier alpha value is -1.63. The zero-order valence-electron chi connectivity index (χ0n) is 19.4. The molecule has 7 heteroatoms. The van der Waals surface area contributed by atoms with E-state index in [2.05, 4.69) is 40.3 Å². The van der Waals surface area contributed by atoms with Crippen molar-refractivity contribution in [3.05, 3.63) is 6.07 Å². The molecule has 0 aromatic carbocycles. The van der Waals surface area contributed by atoms with Crippen molar-refractivity contribution in [2.45, 2.75) is 96.6 Å². The van der Waals surface area contributed by atoms with Gasteiger partial charge in [-0.15, -0.1) is 0 Å². The van der Waals surface area contributed by atoms with Crippen molar-refractivity contribution in [2.24, 2.45) is 5.92 Å². The number of rotatable bonds is 4. The molecule has 0 bridgehead atoms. The smallest absolute Gasteiger partial charge is 0.232 e. The molecule has 172 valence electrons.